The highest BCUT2D eigenvalue weighted by Crippen LogP contribution is 2.25. The summed E-state index contributed by atoms with van der Waals surface area (Å²) >= 11 is 0. The molecule has 134 valence electrons. The molecule has 1 saturated carbocycles. The topological polar surface area (TPSA) is 92.5 Å². The first kappa shape index (κ1) is 17.3. The van der Waals surface area contributed by atoms with Crippen LogP contribution in [0.2, 0.25) is 0 Å². The van der Waals surface area contributed by atoms with Crippen molar-refractivity contribution in [2.45, 2.75) is 56.8 Å². The molecule has 0 radical (unpaired) electrons. The molecule has 1 aliphatic carbocycles. The Labute approximate surface area is 142 Å². The van der Waals surface area contributed by atoms with Crippen LogP contribution < -0.4 is 5.32 Å². The largest absolute Gasteiger partial charge is 0.389 e. The second-order valence-electron chi connectivity index (χ2n) is 7.12. The lowest BCUT2D eigenvalue weighted by atomic mass is 9.86. The Kier molecular flexibility index (Phi) is 5.17. The van der Waals surface area contributed by atoms with Crippen LogP contribution in [0.4, 0.5) is 0 Å². The molecule has 0 spiro atoms. The summed E-state index contributed by atoms with van der Waals surface area (Å²) < 4.78 is 6.93. The van der Waals surface area contributed by atoms with E-state index in [4.69, 9.17) is 4.74 Å². The van der Waals surface area contributed by atoms with Crippen LogP contribution in [0.1, 0.15) is 33.1 Å². The van der Waals surface area contributed by atoms with Gasteiger partial charge in [-0.1, -0.05) is 0 Å². The molecule has 0 unspecified atom stereocenters. The molecule has 2 aliphatic rings. The summed E-state index contributed by atoms with van der Waals surface area (Å²) in [4.78, 5) is 18.9. The van der Waals surface area contributed by atoms with Crippen molar-refractivity contribution in [1.29, 1.82) is 0 Å². The Hall–Kier alpha value is -1.51. The van der Waals surface area contributed by atoms with Crippen molar-refractivity contribution in [2.24, 2.45) is 0 Å². The minimum absolute atomic E-state index is 0.0856. The summed E-state index contributed by atoms with van der Waals surface area (Å²) in [5, 5.41) is 17.9. The average molecular weight is 337 g/mol. The van der Waals surface area contributed by atoms with Crippen molar-refractivity contribution in [1.82, 2.24) is 25.0 Å². The molecule has 0 aromatic carbocycles. The van der Waals surface area contributed by atoms with E-state index in [9.17, 15) is 9.90 Å². The summed E-state index contributed by atoms with van der Waals surface area (Å²) in [6.07, 6.45) is 5.13. The molecule has 1 aromatic rings. The van der Waals surface area contributed by atoms with Crippen LogP contribution in [0.5, 0.6) is 0 Å². The minimum Gasteiger partial charge on any atom is -0.389 e. The van der Waals surface area contributed by atoms with Crippen molar-refractivity contribution in [3.8, 4) is 0 Å². The number of hydrogen-bond donors (Lipinski definition) is 2. The highest BCUT2D eigenvalue weighted by Gasteiger charge is 2.39. The molecule has 1 aliphatic heterocycles. The molecule has 3 atom stereocenters. The zero-order valence-corrected chi connectivity index (χ0v) is 14.4. The third kappa shape index (κ3) is 3.45. The number of aromatic nitrogens is 3. The van der Waals surface area contributed by atoms with E-state index in [2.05, 4.69) is 20.3 Å². The normalized spacial score (nSPS) is 29.4. The molecule has 8 heteroatoms. The molecule has 2 N–H and O–H groups in total. The van der Waals surface area contributed by atoms with Gasteiger partial charge in [-0.25, -0.2) is 9.67 Å². The van der Waals surface area contributed by atoms with E-state index in [0.29, 0.717) is 13.2 Å². The molecule has 1 aromatic heterocycles. The van der Waals surface area contributed by atoms with E-state index in [1.807, 2.05) is 0 Å². The first-order chi connectivity index (χ1) is 11.5. The zero-order chi connectivity index (χ0) is 17.2. The van der Waals surface area contributed by atoms with Crippen LogP contribution in [-0.4, -0.2) is 75.2 Å². The number of carbonyl (C=O) groups is 1. The lowest BCUT2D eigenvalue weighted by Crippen LogP contribution is -2.60. The number of hydrogen-bond acceptors (Lipinski definition) is 6. The molecular weight excluding hydrogens is 310 g/mol. The smallest absolute Gasteiger partial charge is 0.247 e. The SMILES string of the molecule is CC(C)(C(=O)N[C@@H]1CCC[C@@H](N2CCOCC2)[C@@H]1O)n1cncn1. The molecular formula is C16H27N5O3. The number of ether oxygens (including phenoxy) is 1. The van der Waals surface area contributed by atoms with Gasteiger partial charge in [-0.15, -0.1) is 0 Å². The van der Waals surface area contributed by atoms with Gasteiger partial charge in [0.15, 0.2) is 0 Å². The molecule has 24 heavy (non-hydrogen) atoms. The second-order valence-corrected chi connectivity index (χ2v) is 7.12. The quantitative estimate of drug-likeness (QED) is 0.787. The number of nitrogens with one attached hydrogen (secondary N) is 1. The van der Waals surface area contributed by atoms with E-state index >= 15 is 0 Å². The van der Waals surface area contributed by atoms with E-state index in [0.717, 1.165) is 32.4 Å². The van der Waals surface area contributed by atoms with Crippen LogP contribution >= 0.6 is 0 Å². The number of nitrogens with zero attached hydrogens (tertiary/aromatic N) is 4. The van der Waals surface area contributed by atoms with Crippen molar-refractivity contribution in [2.75, 3.05) is 26.3 Å². The van der Waals surface area contributed by atoms with Crippen molar-refractivity contribution < 1.29 is 14.6 Å². The van der Waals surface area contributed by atoms with Crippen LogP contribution in [0, 0.1) is 0 Å². The molecule has 8 nitrogen and oxygen atoms in total. The van der Waals surface area contributed by atoms with E-state index in [1.54, 1.807) is 13.8 Å². The third-order valence-electron chi connectivity index (χ3n) is 5.20. The summed E-state index contributed by atoms with van der Waals surface area (Å²) in [5.41, 5.74) is -0.845. The van der Waals surface area contributed by atoms with Gasteiger partial charge in [-0.3, -0.25) is 9.69 Å². The molecule has 1 saturated heterocycles. The number of carbonyl (C=O) groups excluding carboxylic acids is 1. The Morgan fingerprint density at radius 2 is 2.08 bits per heavy atom. The van der Waals surface area contributed by atoms with Crippen molar-refractivity contribution in [3.63, 3.8) is 0 Å². The van der Waals surface area contributed by atoms with Gasteiger partial charge in [0.2, 0.25) is 5.91 Å². The van der Waals surface area contributed by atoms with E-state index in [1.165, 1.54) is 17.3 Å². The highest BCUT2D eigenvalue weighted by molar-refractivity contribution is 5.83. The Balaban J connectivity index is 1.64. The van der Waals surface area contributed by atoms with Gasteiger partial charge in [0.25, 0.3) is 0 Å². The standard InChI is InChI=1S/C16H27N5O3/c1-16(2,21-11-17-10-18-21)15(23)19-12-4-3-5-13(14(12)22)20-6-8-24-9-7-20/h10-14,22H,3-9H2,1-2H3,(H,19,23)/t12-,13-,14-/m1/s1. The lowest BCUT2D eigenvalue weighted by Gasteiger charge is -2.43. The van der Waals surface area contributed by atoms with Gasteiger partial charge in [-0.05, 0) is 33.1 Å². The number of aliphatic hydroxyl groups excluding tert-OH is 1. The van der Waals surface area contributed by atoms with Gasteiger partial charge in [0.1, 0.15) is 18.2 Å². The summed E-state index contributed by atoms with van der Waals surface area (Å²) in [7, 11) is 0. The lowest BCUT2D eigenvalue weighted by molar-refractivity contribution is -0.132. The Bertz CT molecular complexity index is 542. The van der Waals surface area contributed by atoms with Crippen LogP contribution in [0.3, 0.4) is 0 Å². The van der Waals surface area contributed by atoms with E-state index in [-0.39, 0.29) is 18.0 Å². The fourth-order valence-corrected chi connectivity index (χ4v) is 3.57. The maximum absolute atomic E-state index is 12.7. The van der Waals surface area contributed by atoms with Gasteiger partial charge >= 0.3 is 0 Å². The fourth-order valence-electron chi connectivity index (χ4n) is 3.57. The molecule has 0 bridgehead atoms. The number of rotatable bonds is 4. The predicted octanol–water partition coefficient (Wildman–Crippen LogP) is -0.256. The molecule has 3 rings (SSSR count). The second kappa shape index (κ2) is 7.16. The van der Waals surface area contributed by atoms with Gasteiger partial charge in [0, 0.05) is 19.1 Å². The molecule has 2 heterocycles. The fraction of sp³-hybridized carbons (Fsp3) is 0.812. The first-order valence-electron chi connectivity index (χ1n) is 8.66. The zero-order valence-electron chi connectivity index (χ0n) is 14.4. The highest BCUT2D eigenvalue weighted by atomic mass is 16.5. The van der Waals surface area contributed by atoms with Crippen LogP contribution in [-0.2, 0) is 15.1 Å². The number of morpholine rings is 1. The number of aliphatic hydroxyl groups is 1. The maximum atomic E-state index is 12.7. The average Bonchev–Trinajstić information content (AvgIpc) is 3.13. The monoisotopic (exact) mass is 337 g/mol. The van der Waals surface area contributed by atoms with Crippen molar-refractivity contribution in [3.05, 3.63) is 12.7 Å². The summed E-state index contributed by atoms with van der Waals surface area (Å²) in [5.74, 6) is -0.153. The number of amides is 1. The van der Waals surface area contributed by atoms with Gasteiger partial charge < -0.3 is 15.2 Å². The van der Waals surface area contributed by atoms with Gasteiger partial charge in [-0.2, -0.15) is 5.10 Å². The maximum Gasteiger partial charge on any atom is 0.247 e. The van der Waals surface area contributed by atoms with Crippen LogP contribution in [0.15, 0.2) is 12.7 Å². The Morgan fingerprint density at radius 1 is 1.33 bits per heavy atom. The Morgan fingerprint density at radius 3 is 2.75 bits per heavy atom. The van der Waals surface area contributed by atoms with Crippen LogP contribution in [0.25, 0.3) is 0 Å². The van der Waals surface area contributed by atoms with Gasteiger partial charge in [0.05, 0.1) is 25.4 Å². The van der Waals surface area contributed by atoms with Crippen molar-refractivity contribution >= 4 is 5.91 Å². The first-order valence-corrected chi connectivity index (χ1v) is 8.66. The van der Waals surface area contributed by atoms with E-state index < -0.39 is 11.6 Å². The minimum atomic E-state index is -0.845. The molecule has 1 amide bonds. The summed E-state index contributed by atoms with van der Waals surface area (Å²) in [6.45, 7) is 6.69. The molecule has 2 fully saturated rings. The summed E-state index contributed by atoms with van der Waals surface area (Å²) in [6, 6.07) is -0.149. The third-order valence-corrected chi connectivity index (χ3v) is 5.20. The predicted molar refractivity (Wildman–Crippen MR) is 87.3 cm³/mol.